The van der Waals surface area contributed by atoms with Gasteiger partial charge in [-0.3, -0.25) is 10.5 Å². The zero-order valence-electron chi connectivity index (χ0n) is 8.76. The summed E-state index contributed by atoms with van der Waals surface area (Å²) in [4.78, 5) is 12.9. The van der Waals surface area contributed by atoms with E-state index < -0.39 is 5.91 Å². The van der Waals surface area contributed by atoms with Crippen molar-refractivity contribution in [3.05, 3.63) is 11.8 Å². The molecule has 0 bridgehead atoms. The van der Waals surface area contributed by atoms with Crippen molar-refractivity contribution in [2.75, 3.05) is 13.1 Å². The summed E-state index contributed by atoms with van der Waals surface area (Å²) in [5.41, 5.74) is 7.66. The van der Waals surface area contributed by atoms with Crippen LogP contribution in [-0.2, 0) is 4.79 Å². The van der Waals surface area contributed by atoms with E-state index >= 15 is 0 Å². The van der Waals surface area contributed by atoms with Gasteiger partial charge in [0.2, 0.25) is 0 Å². The fraction of sp³-hybridized carbons (Fsp3) is 0.700. The Balaban J connectivity index is 4.40. The number of carbonyl (C=O) groups excluding carboxylic acids is 1. The van der Waals surface area contributed by atoms with Crippen LogP contribution < -0.4 is 5.73 Å². The van der Waals surface area contributed by atoms with Crippen LogP contribution in [0.5, 0.6) is 0 Å². The second-order valence-electron chi connectivity index (χ2n) is 2.95. The molecule has 0 aliphatic carbocycles. The van der Waals surface area contributed by atoms with Gasteiger partial charge in [-0.1, -0.05) is 13.3 Å². The van der Waals surface area contributed by atoms with Gasteiger partial charge in [0.25, 0.3) is 5.91 Å². The fourth-order valence-electron chi connectivity index (χ4n) is 1.13. The summed E-state index contributed by atoms with van der Waals surface area (Å²) in [5.74, 6) is -0.547. The summed E-state index contributed by atoms with van der Waals surface area (Å²) < 4.78 is 0. The van der Waals surface area contributed by atoms with Gasteiger partial charge in [0.1, 0.15) is 0 Å². The Kier molecular flexibility index (Phi) is 6.02. The average Bonchev–Trinajstić information content (AvgIpc) is 2.11. The second-order valence-corrected chi connectivity index (χ2v) is 2.95. The predicted octanol–water partition coefficient (Wildman–Crippen LogP) is 1.82. The Morgan fingerprint density at radius 3 is 2.15 bits per heavy atom. The van der Waals surface area contributed by atoms with Crippen molar-refractivity contribution in [3.8, 4) is 0 Å². The molecule has 0 aliphatic rings. The molecule has 0 saturated heterocycles. The van der Waals surface area contributed by atoms with E-state index in [2.05, 4.69) is 0 Å². The number of hydrogen-bond acceptors (Lipinski definition) is 2. The quantitative estimate of drug-likeness (QED) is 0.589. The van der Waals surface area contributed by atoms with Gasteiger partial charge in [-0.2, -0.15) is 0 Å². The fourth-order valence-corrected chi connectivity index (χ4v) is 1.13. The first-order valence-electron chi connectivity index (χ1n) is 4.86. The molecule has 1 N–H and O–H groups in total. The lowest BCUT2D eigenvalue weighted by molar-refractivity contribution is -0.115. The molecular formula is C10H19N2O. The zero-order chi connectivity index (χ0) is 10.3. The Hall–Kier alpha value is -0.990. The standard InChI is InChI=1S/C10H19N2O/c1-4-7-9(10(11)13)8-12(5-2)6-3/h8,11H,4-7H2,1-3H3. The molecular weight excluding hydrogens is 164 g/mol. The van der Waals surface area contributed by atoms with E-state index in [4.69, 9.17) is 5.73 Å². The molecule has 0 aromatic carbocycles. The van der Waals surface area contributed by atoms with Crippen LogP contribution in [0.1, 0.15) is 33.6 Å². The van der Waals surface area contributed by atoms with Crippen LogP contribution in [0, 0.1) is 0 Å². The number of nitrogens with zero attached hydrogens (tertiary/aromatic N) is 1. The van der Waals surface area contributed by atoms with E-state index in [1.807, 2.05) is 31.9 Å². The molecule has 0 atom stereocenters. The highest BCUT2D eigenvalue weighted by Crippen LogP contribution is 2.06. The molecule has 0 heterocycles. The van der Waals surface area contributed by atoms with E-state index in [0.717, 1.165) is 19.5 Å². The minimum atomic E-state index is -0.547. The largest absolute Gasteiger partial charge is 0.378 e. The van der Waals surface area contributed by atoms with Crippen LogP contribution in [-0.4, -0.2) is 23.9 Å². The molecule has 0 spiro atoms. The Morgan fingerprint density at radius 1 is 1.31 bits per heavy atom. The topological polar surface area (TPSA) is 44.1 Å². The molecule has 3 heteroatoms. The molecule has 0 fully saturated rings. The maximum Gasteiger partial charge on any atom is 0.267 e. The van der Waals surface area contributed by atoms with Gasteiger partial charge < -0.3 is 4.90 Å². The van der Waals surface area contributed by atoms with E-state index in [1.165, 1.54) is 0 Å². The van der Waals surface area contributed by atoms with E-state index in [0.29, 0.717) is 12.0 Å². The average molecular weight is 183 g/mol. The number of amides is 1. The van der Waals surface area contributed by atoms with Gasteiger partial charge >= 0.3 is 0 Å². The highest BCUT2D eigenvalue weighted by molar-refractivity contribution is 5.91. The Labute approximate surface area is 80.6 Å². The van der Waals surface area contributed by atoms with Crippen molar-refractivity contribution in [1.29, 1.82) is 0 Å². The third-order valence-electron chi connectivity index (χ3n) is 1.96. The monoisotopic (exact) mass is 183 g/mol. The van der Waals surface area contributed by atoms with Crippen LogP contribution in [0.15, 0.2) is 11.8 Å². The normalized spacial score (nSPS) is 11.5. The number of rotatable bonds is 6. The van der Waals surface area contributed by atoms with Crippen LogP contribution in [0.4, 0.5) is 0 Å². The third kappa shape index (κ3) is 4.55. The molecule has 0 saturated carbocycles. The number of nitrogens with one attached hydrogen (secondary N) is 1. The molecule has 1 radical (unpaired) electrons. The van der Waals surface area contributed by atoms with Crippen molar-refractivity contribution >= 4 is 5.91 Å². The second kappa shape index (κ2) is 6.52. The molecule has 0 rings (SSSR count). The molecule has 0 aromatic rings. The van der Waals surface area contributed by atoms with E-state index in [1.54, 1.807) is 0 Å². The lowest BCUT2D eigenvalue weighted by Gasteiger charge is -2.16. The van der Waals surface area contributed by atoms with Gasteiger partial charge in [0.05, 0.1) is 0 Å². The van der Waals surface area contributed by atoms with E-state index in [-0.39, 0.29) is 0 Å². The molecule has 1 amide bonds. The van der Waals surface area contributed by atoms with Gasteiger partial charge in [-0.05, 0) is 20.3 Å². The minimum Gasteiger partial charge on any atom is -0.378 e. The first-order chi connectivity index (χ1) is 6.15. The number of hydrogen-bond donors (Lipinski definition) is 0. The molecule has 0 unspecified atom stereocenters. The highest BCUT2D eigenvalue weighted by atomic mass is 16.1. The molecule has 0 aliphatic heterocycles. The summed E-state index contributed by atoms with van der Waals surface area (Å²) in [7, 11) is 0. The number of carbonyl (C=O) groups is 1. The molecule has 75 valence electrons. The van der Waals surface area contributed by atoms with Crippen LogP contribution in [0.3, 0.4) is 0 Å². The smallest absolute Gasteiger partial charge is 0.267 e. The van der Waals surface area contributed by atoms with Gasteiger partial charge in [-0.25, -0.2) is 0 Å². The van der Waals surface area contributed by atoms with Gasteiger partial charge in [-0.15, -0.1) is 0 Å². The lowest BCUT2D eigenvalue weighted by Crippen LogP contribution is -2.18. The first kappa shape index (κ1) is 12.0. The molecule has 0 aromatic heterocycles. The van der Waals surface area contributed by atoms with Crippen molar-refractivity contribution < 1.29 is 4.79 Å². The molecule has 13 heavy (non-hydrogen) atoms. The first-order valence-corrected chi connectivity index (χ1v) is 4.86. The Morgan fingerprint density at radius 2 is 1.85 bits per heavy atom. The van der Waals surface area contributed by atoms with Crippen LogP contribution >= 0.6 is 0 Å². The van der Waals surface area contributed by atoms with Crippen LogP contribution in [0.2, 0.25) is 0 Å². The summed E-state index contributed by atoms with van der Waals surface area (Å²) in [6, 6.07) is 0. The maximum absolute atomic E-state index is 10.9. The highest BCUT2D eigenvalue weighted by Gasteiger charge is 2.05. The van der Waals surface area contributed by atoms with Crippen molar-refractivity contribution in [1.82, 2.24) is 10.6 Å². The minimum absolute atomic E-state index is 0.547. The summed E-state index contributed by atoms with van der Waals surface area (Å²) in [6.45, 7) is 7.86. The maximum atomic E-state index is 10.9. The predicted molar refractivity (Wildman–Crippen MR) is 54.0 cm³/mol. The summed E-state index contributed by atoms with van der Waals surface area (Å²) >= 11 is 0. The van der Waals surface area contributed by atoms with Crippen molar-refractivity contribution in [2.24, 2.45) is 0 Å². The van der Waals surface area contributed by atoms with Gasteiger partial charge in [0, 0.05) is 24.9 Å². The van der Waals surface area contributed by atoms with E-state index in [9.17, 15) is 4.79 Å². The van der Waals surface area contributed by atoms with Crippen molar-refractivity contribution in [2.45, 2.75) is 33.6 Å². The van der Waals surface area contributed by atoms with Crippen molar-refractivity contribution in [3.63, 3.8) is 0 Å². The Bertz CT molecular complexity index is 183. The zero-order valence-corrected chi connectivity index (χ0v) is 8.76. The summed E-state index contributed by atoms with van der Waals surface area (Å²) in [5, 5.41) is 0. The molecule has 3 nitrogen and oxygen atoms in total. The van der Waals surface area contributed by atoms with Crippen LogP contribution in [0.25, 0.3) is 0 Å². The van der Waals surface area contributed by atoms with Gasteiger partial charge in [0.15, 0.2) is 0 Å². The SMILES string of the molecule is CCCC(=CN(CC)CC)C([NH])=O. The summed E-state index contributed by atoms with van der Waals surface area (Å²) in [6.07, 6.45) is 3.44. The lowest BCUT2D eigenvalue weighted by atomic mass is 10.1. The third-order valence-corrected chi connectivity index (χ3v) is 1.96.